The second kappa shape index (κ2) is 7.16. The van der Waals surface area contributed by atoms with E-state index in [1.807, 2.05) is 6.92 Å². The Kier molecular flexibility index (Phi) is 5.02. The van der Waals surface area contributed by atoms with E-state index in [0.717, 1.165) is 0 Å². The Morgan fingerprint density at radius 3 is 2.32 bits per heavy atom. The lowest BCUT2D eigenvalue weighted by molar-refractivity contribution is -0.114. The zero-order chi connectivity index (χ0) is 15.9. The van der Waals surface area contributed by atoms with Gasteiger partial charge in [0.15, 0.2) is 0 Å². The summed E-state index contributed by atoms with van der Waals surface area (Å²) in [6.07, 6.45) is 1.28. The second-order valence-corrected chi connectivity index (χ2v) is 4.39. The molecule has 2 amide bonds. The molecule has 0 bridgehead atoms. The third kappa shape index (κ3) is 4.27. The van der Waals surface area contributed by atoms with Crippen molar-refractivity contribution in [1.82, 2.24) is 9.97 Å². The molecule has 0 saturated carbocycles. The molecular weight excluding hydrogens is 284 g/mol. The summed E-state index contributed by atoms with van der Waals surface area (Å²) in [6.45, 7) is 3.72. The van der Waals surface area contributed by atoms with Gasteiger partial charge in [-0.3, -0.25) is 9.59 Å². The summed E-state index contributed by atoms with van der Waals surface area (Å²) in [4.78, 5) is 30.9. The van der Waals surface area contributed by atoms with E-state index in [0.29, 0.717) is 23.9 Å². The Balaban J connectivity index is 2.05. The number of anilines is 2. The third-order valence-electron chi connectivity index (χ3n) is 2.63. The SMILES string of the molecule is CCOc1cc(C(=O)Nc2ccc(NC(C)=O)cc2)ncn1. The van der Waals surface area contributed by atoms with Crippen molar-refractivity contribution in [1.29, 1.82) is 0 Å². The van der Waals surface area contributed by atoms with Gasteiger partial charge in [-0.15, -0.1) is 0 Å². The maximum Gasteiger partial charge on any atom is 0.274 e. The van der Waals surface area contributed by atoms with Gasteiger partial charge in [-0.2, -0.15) is 0 Å². The van der Waals surface area contributed by atoms with Crippen LogP contribution in [-0.2, 0) is 4.79 Å². The molecule has 0 aliphatic heterocycles. The van der Waals surface area contributed by atoms with Crippen LogP contribution in [0.1, 0.15) is 24.3 Å². The highest BCUT2D eigenvalue weighted by molar-refractivity contribution is 6.03. The number of aromatic nitrogens is 2. The van der Waals surface area contributed by atoms with Crippen molar-refractivity contribution in [3.63, 3.8) is 0 Å². The molecule has 0 aliphatic carbocycles. The Hall–Kier alpha value is -2.96. The number of rotatable bonds is 5. The maximum absolute atomic E-state index is 12.1. The molecule has 0 atom stereocenters. The van der Waals surface area contributed by atoms with Crippen molar-refractivity contribution >= 4 is 23.2 Å². The molecule has 7 heteroatoms. The first-order chi connectivity index (χ1) is 10.6. The van der Waals surface area contributed by atoms with Crippen LogP contribution in [0.3, 0.4) is 0 Å². The molecular formula is C15H16N4O3. The van der Waals surface area contributed by atoms with E-state index in [4.69, 9.17) is 4.74 Å². The summed E-state index contributed by atoms with van der Waals surface area (Å²) >= 11 is 0. The van der Waals surface area contributed by atoms with E-state index >= 15 is 0 Å². The number of benzene rings is 1. The van der Waals surface area contributed by atoms with Gasteiger partial charge in [0.05, 0.1) is 6.61 Å². The van der Waals surface area contributed by atoms with Crippen LogP contribution in [0, 0.1) is 0 Å². The van der Waals surface area contributed by atoms with Gasteiger partial charge in [0.2, 0.25) is 11.8 Å². The van der Waals surface area contributed by atoms with Crippen LogP contribution in [0.5, 0.6) is 5.88 Å². The van der Waals surface area contributed by atoms with E-state index in [1.165, 1.54) is 19.3 Å². The molecule has 114 valence electrons. The molecule has 1 aromatic heterocycles. The normalized spacial score (nSPS) is 9.91. The van der Waals surface area contributed by atoms with Gasteiger partial charge in [0.1, 0.15) is 12.0 Å². The second-order valence-electron chi connectivity index (χ2n) is 4.39. The van der Waals surface area contributed by atoms with E-state index in [1.54, 1.807) is 24.3 Å². The van der Waals surface area contributed by atoms with Crippen LogP contribution in [0.25, 0.3) is 0 Å². The maximum atomic E-state index is 12.1. The number of amides is 2. The first-order valence-electron chi connectivity index (χ1n) is 6.72. The Bertz CT molecular complexity index is 671. The highest BCUT2D eigenvalue weighted by atomic mass is 16.5. The van der Waals surface area contributed by atoms with Crippen LogP contribution < -0.4 is 15.4 Å². The Morgan fingerprint density at radius 2 is 1.73 bits per heavy atom. The van der Waals surface area contributed by atoms with Crippen molar-refractivity contribution < 1.29 is 14.3 Å². The summed E-state index contributed by atoms with van der Waals surface area (Å²) in [5.74, 6) is -0.166. The largest absolute Gasteiger partial charge is 0.478 e. The summed E-state index contributed by atoms with van der Waals surface area (Å²) in [5.41, 5.74) is 1.46. The lowest BCUT2D eigenvalue weighted by atomic mass is 10.2. The van der Waals surface area contributed by atoms with Gasteiger partial charge in [-0.25, -0.2) is 9.97 Å². The van der Waals surface area contributed by atoms with E-state index in [2.05, 4.69) is 20.6 Å². The monoisotopic (exact) mass is 300 g/mol. The van der Waals surface area contributed by atoms with Crippen LogP contribution in [0.2, 0.25) is 0 Å². The van der Waals surface area contributed by atoms with Crippen molar-refractivity contribution in [2.45, 2.75) is 13.8 Å². The minimum absolute atomic E-state index is 0.152. The summed E-state index contributed by atoms with van der Waals surface area (Å²) in [6, 6.07) is 8.25. The number of carbonyl (C=O) groups excluding carboxylic acids is 2. The van der Waals surface area contributed by atoms with Crippen LogP contribution in [0.15, 0.2) is 36.7 Å². The van der Waals surface area contributed by atoms with Gasteiger partial charge in [0, 0.05) is 24.4 Å². The van der Waals surface area contributed by atoms with Crippen LogP contribution in [0.4, 0.5) is 11.4 Å². The minimum Gasteiger partial charge on any atom is -0.478 e. The first kappa shape index (κ1) is 15.4. The molecule has 2 rings (SSSR count). The fraction of sp³-hybridized carbons (Fsp3) is 0.200. The zero-order valence-corrected chi connectivity index (χ0v) is 12.3. The molecule has 7 nitrogen and oxygen atoms in total. The summed E-state index contributed by atoms with van der Waals surface area (Å²) in [5, 5.41) is 5.36. The average molecular weight is 300 g/mol. The number of nitrogens with one attached hydrogen (secondary N) is 2. The number of hydrogen-bond donors (Lipinski definition) is 2. The molecule has 0 radical (unpaired) electrons. The van der Waals surface area contributed by atoms with Crippen LogP contribution in [-0.4, -0.2) is 28.4 Å². The lowest BCUT2D eigenvalue weighted by Crippen LogP contribution is -2.14. The average Bonchev–Trinajstić information content (AvgIpc) is 2.49. The van der Waals surface area contributed by atoms with Gasteiger partial charge in [-0.05, 0) is 31.2 Å². The molecule has 1 heterocycles. The van der Waals surface area contributed by atoms with Gasteiger partial charge in [0.25, 0.3) is 5.91 Å². The van der Waals surface area contributed by atoms with Gasteiger partial charge >= 0.3 is 0 Å². The molecule has 0 unspecified atom stereocenters. The molecule has 0 saturated heterocycles. The quantitative estimate of drug-likeness (QED) is 0.882. The van der Waals surface area contributed by atoms with Gasteiger partial charge in [-0.1, -0.05) is 0 Å². The van der Waals surface area contributed by atoms with Gasteiger partial charge < -0.3 is 15.4 Å². The minimum atomic E-state index is -0.365. The fourth-order valence-corrected chi connectivity index (χ4v) is 1.73. The molecule has 0 aliphatic rings. The number of carbonyl (C=O) groups is 2. The fourth-order valence-electron chi connectivity index (χ4n) is 1.73. The predicted molar refractivity (Wildman–Crippen MR) is 81.9 cm³/mol. The van der Waals surface area contributed by atoms with Crippen molar-refractivity contribution in [2.75, 3.05) is 17.2 Å². The highest BCUT2D eigenvalue weighted by Crippen LogP contribution is 2.15. The summed E-state index contributed by atoms with van der Waals surface area (Å²) < 4.78 is 5.23. The standard InChI is InChI=1S/C15H16N4O3/c1-3-22-14-8-13(16-9-17-14)15(21)19-12-6-4-11(5-7-12)18-10(2)20/h4-9H,3H2,1-2H3,(H,18,20)(H,19,21). The van der Waals surface area contributed by atoms with Crippen molar-refractivity contribution in [2.24, 2.45) is 0 Å². The topological polar surface area (TPSA) is 93.2 Å². The Morgan fingerprint density at radius 1 is 1.09 bits per heavy atom. The molecule has 2 aromatic rings. The third-order valence-corrected chi connectivity index (χ3v) is 2.63. The number of ether oxygens (including phenoxy) is 1. The van der Waals surface area contributed by atoms with E-state index in [-0.39, 0.29) is 17.5 Å². The van der Waals surface area contributed by atoms with Crippen LogP contribution >= 0.6 is 0 Å². The first-order valence-corrected chi connectivity index (χ1v) is 6.72. The zero-order valence-electron chi connectivity index (χ0n) is 12.3. The number of hydrogen-bond acceptors (Lipinski definition) is 5. The molecule has 22 heavy (non-hydrogen) atoms. The molecule has 2 N–H and O–H groups in total. The molecule has 0 spiro atoms. The number of nitrogens with zero attached hydrogens (tertiary/aromatic N) is 2. The van der Waals surface area contributed by atoms with E-state index < -0.39 is 0 Å². The molecule has 0 fully saturated rings. The smallest absolute Gasteiger partial charge is 0.274 e. The Labute approximate surface area is 127 Å². The van der Waals surface area contributed by atoms with Crippen molar-refractivity contribution in [3.8, 4) is 5.88 Å². The predicted octanol–water partition coefficient (Wildman–Crippen LogP) is 2.09. The van der Waals surface area contributed by atoms with E-state index in [9.17, 15) is 9.59 Å². The lowest BCUT2D eigenvalue weighted by Gasteiger charge is -2.07. The molecule has 1 aromatic carbocycles. The van der Waals surface area contributed by atoms with Crippen molar-refractivity contribution in [3.05, 3.63) is 42.4 Å². The highest BCUT2D eigenvalue weighted by Gasteiger charge is 2.09. The summed E-state index contributed by atoms with van der Waals surface area (Å²) in [7, 11) is 0.